The third-order valence-corrected chi connectivity index (χ3v) is 9.37. The number of thiophene rings is 1. The van der Waals surface area contributed by atoms with Gasteiger partial charge in [0.05, 0.1) is 0 Å². The molecule has 0 bridgehead atoms. The third kappa shape index (κ3) is 4.09. The average molecular weight is 582 g/mol. The second-order valence-corrected chi connectivity index (χ2v) is 11.9. The molecule has 206 valence electrons. The van der Waals surface area contributed by atoms with Crippen LogP contribution in [0.3, 0.4) is 0 Å². The molecule has 3 heterocycles. The first-order valence-corrected chi connectivity index (χ1v) is 15.3. The largest absolute Gasteiger partial charge is 0.456 e. The van der Waals surface area contributed by atoms with E-state index in [0.29, 0.717) is 17.5 Å². The van der Waals surface area contributed by atoms with E-state index in [1.54, 1.807) is 11.3 Å². The zero-order valence-electron chi connectivity index (χ0n) is 23.4. The molecule has 0 amide bonds. The fraction of sp³-hybridized carbons (Fsp3) is 0. The van der Waals surface area contributed by atoms with Gasteiger partial charge in [0.25, 0.3) is 0 Å². The topological polar surface area (TPSA) is 51.8 Å². The van der Waals surface area contributed by atoms with Crippen LogP contribution in [0.5, 0.6) is 0 Å². The van der Waals surface area contributed by atoms with Gasteiger partial charge in [-0.2, -0.15) is 0 Å². The molecular formula is C39H23N3OS. The molecule has 0 aliphatic rings. The molecule has 0 aliphatic heterocycles. The van der Waals surface area contributed by atoms with Crippen molar-refractivity contribution in [1.29, 1.82) is 0 Å². The van der Waals surface area contributed by atoms with Crippen LogP contribution in [-0.4, -0.2) is 15.0 Å². The summed E-state index contributed by atoms with van der Waals surface area (Å²) >= 11 is 1.78. The highest BCUT2D eigenvalue weighted by Gasteiger charge is 2.18. The lowest BCUT2D eigenvalue weighted by atomic mass is 10.0. The average Bonchev–Trinajstić information content (AvgIpc) is 3.66. The van der Waals surface area contributed by atoms with Crippen molar-refractivity contribution in [1.82, 2.24) is 15.0 Å². The van der Waals surface area contributed by atoms with E-state index in [1.165, 1.54) is 20.2 Å². The minimum Gasteiger partial charge on any atom is -0.456 e. The van der Waals surface area contributed by atoms with Crippen molar-refractivity contribution in [3.63, 3.8) is 0 Å². The molecule has 0 radical (unpaired) electrons. The van der Waals surface area contributed by atoms with Crippen LogP contribution < -0.4 is 0 Å². The maximum absolute atomic E-state index is 6.23. The third-order valence-electron chi connectivity index (χ3n) is 8.15. The summed E-state index contributed by atoms with van der Waals surface area (Å²) in [7, 11) is 0. The van der Waals surface area contributed by atoms with Gasteiger partial charge in [0.1, 0.15) is 11.2 Å². The summed E-state index contributed by atoms with van der Waals surface area (Å²) in [5.74, 6) is 1.89. The van der Waals surface area contributed by atoms with Crippen LogP contribution in [0.1, 0.15) is 0 Å². The molecule has 5 heteroatoms. The van der Waals surface area contributed by atoms with Gasteiger partial charge >= 0.3 is 0 Å². The van der Waals surface area contributed by atoms with Crippen LogP contribution >= 0.6 is 11.3 Å². The molecule has 0 spiro atoms. The van der Waals surface area contributed by atoms with Crippen LogP contribution in [0.25, 0.3) is 87.4 Å². The smallest absolute Gasteiger partial charge is 0.165 e. The molecule has 0 saturated heterocycles. The molecule has 0 N–H and O–H groups in total. The van der Waals surface area contributed by atoms with Gasteiger partial charge in [-0.05, 0) is 47.5 Å². The van der Waals surface area contributed by atoms with Crippen molar-refractivity contribution in [3.05, 3.63) is 140 Å². The number of fused-ring (bicyclic) bond motifs is 6. The Labute approximate surface area is 256 Å². The zero-order valence-corrected chi connectivity index (χ0v) is 24.3. The van der Waals surface area contributed by atoms with E-state index in [-0.39, 0.29) is 0 Å². The lowest BCUT2D eigenvalue weighted by Gasteiger charge is -2.10. The highest BCUT2D eigenvalue weighted by atomic mass is 32.1. The second-order valence-electron chi connectivity index (χ2n) is 10.8. The van der Waals surface area contributed by atoms with E-state index >= 15 is 0 Å². The van der Waals surface area contributed by atoms with Crippen molar-refractivity contribution in [2.75, 3.05) is 0 Å². The number of para-hydroxylation sites is 1. The molecule has 0 atom stereocenters. The lowest BCUT2D eigenvalue weighted by Crippen LogP contribution is -2.00. The van der Waals surface area contributed by atoms with Crippen molar-refractivity contribution in [2.24, 2.45) is 0 Å². The Bertz CT molecular complexity index is 2510. The Hall–Kier alpha value is -5.65. The molecule has 3 aromatic heterocycles. The standard InChI is InChI=1S/C39H23N3OS/c1-2-10-24(11-3-1)25-12-8-13-26(22-25)37-40-38(27-20-21-29-28-14-4-6-18-33(28)43-34(29)23-27)42-39(41-37)32-17-9-16-31-30-15-5-7-19-35(30)44-36(31)32/h1-23H. The number of rotatable bonds is 4. The summed E-state index contributed by atoms with van der Waals surface area (Å²) < 4.78 is 8.65. The first-order chi connectivity index (χ1) is 21.8. The molecule has 9 aromatic rings. The Morgan fingerprint density at radius 1 is 0.409 bits per heavy atom. The van der Waals surface area contributed by atoms with Crippen molar-refractivity contribution < 1.29 is 4.42 Å². The predicted octanol–water partition coefficient (Wildman–Crippen LogP) is 10.8. The van der Waals surface area contributed by atoms with Crippen LogP contribution in [0.4, 0.5) is 0 Å². The summed E-state index contributed by atoms with van der Waals surface area (Å²) in [5.41, 5.74) is 6.75. The van der Waals surface area contributed by atoms with Crippen LogP contribution in [-0.2, 0) is 0 Å². The normalized spacial score (nSPS) is 11.6. The first kappa shape index (κ1) is 24.9. The number of hydrogen-bond donors (Lipinski definition) is 0. The summed E-state index contributed by atoms with van der Waals surface area (Å²) in [6.07, 6.45) is 0. The van der Waals surface area contributed by atoms with E-state index in [9.17, 15) is 0 Å². The molecule has 0 aliphatic carbocycles. The van der Waals surface area contributed by atoms with Crippen molar-refractivity contribution >= 4 is 53.4 Å². The molecule has 0 unspecified atom stereocenters. The quantitative estimate of drug-likeness (QED) is 0.207. The van der Waals surface area contributed by atoms with Crippen LogP contribution in [0, 0.1) is 0 Å². The Morgan fingerprint density at radius 2 is 1.05 bits per heavy atom. The zero-order chi connectivity index (χ0) is 29.0. The van der Waals surface area contributed by atoms with Gasteiger partial charge in [0.2, 0.25) is 0 Å². The first-order valence-electron chi connectivity index (χ1n) is 14.5. The fourth-order valence-corrected chi connectivity index (χ4v) is 7.22. The Kier molecular flexibility index (Phi) is 5.64. The van der Waals surface area contributed by atoms with Gasteiger partial charge in [0.15, 0.2) is 17.5 Å². The minimum atomic E-state index is 0.607. The Morgan fingerprint density at radius 3 is 1.93 bits per heavy atom. The predicted molar refractivity (Wildman–Crippen MR) is 182 cm³/mol. The highest BCUT2D eigenvalue weighted by molar-refractivity contribution is 7.26. The highest BCUT2D eigenvalue weighted by Crippen LogP contribution is 2.40. The molecule has 0 fully saturated rings. The summed E-state index contributed by atoms with van der Waals surface area (Å²) in [5, 5.41) is 4.63. The van der Waals surface area contributed by atoms with E-state index < -0.39 is 0 Å². The number of furan rings is 1. The number of aromatic nitrogens is 3. The van der Waals surface area contributed by atoms with Gasteiger partial charge in [-0.15, -0.1) is 11.3 Å². The maximum atomic E-state index is 6.23. The summed E-state index contributed by atoms with van der Waals surface area (Å²) in [4.78, 5) is 15.3. The van der Waals surface area contributed by atoms with Crippen molar-refractivity contribution in [3.8, 4) is 45.3 Å². The van der Waals surface area contributed by atoms with E-state index in [4.69, 9.17) is 19.4 Å². The van der Waals surface area contributed by atoms with Gasteiger partial charge in [-0.3, -0.25) is 0 Å². The van der Waals surface area contributed by atoms with Crippen LogP contribution in [0.2, 0.25) is 0 Å². The van der Waals surface area contributed by atoms with Gasteiger partial charge in [0, 0.05) is 47.6 Å². The van der Waals surface area contributed by atoms with E-state index in [0.717, 1.165) is 49.8 Å². The van der Waals surface area contributed by atoms with Gasteiger partial charge in [-0.25, -0.2) is 15.0 Å². The monoisotopic (exact) mass is 581 g/mol. The Balaban J connectivity index is 1.27. The number of nitrogens with zero attached hydrogens (tertiary/aromatic N) is 3. The molecule has 44 heavy (non-hydrogen) atoms. The van der Waals surface area contributed by atoms with Gasteiger partial charge < -0.3 is 4.42 Å². The minimum absolute atomic E-state index is 0.607. The number of hydrogen-bond acceptors (Lipinski definition) is 5. The molecular weight excluding hydrogens is 559 g/mol. The summed E-state index contributed by atoms with van der Waals surface area (Å²) in [6.45, 7) is 0. The molecule has 0 saturated carbocycles. The maximum Gasteiger partial charge on any atom is 0.165 e. The fourth-order valence-electron chi connectivity index (χ4n) is 6.01. The molecule has 4 nitrogen and oxygen atoms in total. The van der Waals surface area contributed by atoms with Gasteiger partial charge in [-0.1, -0.05) is 103 Å². The van der Waals surface area contributed by atoms with Crippen LogP contribution in [0.15, 0.2) is 144 Å². The lowest BCUT2D eigenvalue weighted by molar-refractivity contribution is 0.669. The summed E-state index contributed by atoms with van der Waals surface area (Å²) in [6, 6.07) is 48.0. The number of benzene rings is 6. The van der Waals surface area contributed by atoms with E-state index in [2.05, 4.69) is 109 Å². The SMILES string of the molecule is c1ccc(-c2cccc(-c3nc(-c4ccc5c(c4)oc4ccccc45)nc(-c4cccc5c4sc4ccccc45)n3)c2)cc1. The second kappa shape index (κ2) is 9.97. The van der Waals surface area contributed by atoms with Crippen molar-refractivity contribution in [2.45, 2.75) is 0 Å². The molecule has 6 aromatic carbocycles. The van der Waals surface area contributed by atoms with E-state index in [1.807, 2.05) is 30.3 Å². The molecule has 9 rings (SSSR count).